The van der Waals surface area contributed by atoms with Crippen molar-refractivity contribution in [3.8, 4) is 0 Å². The summed E-state index contributed by atoms with van der Waals surface area (Å²) in [6, 6.07) is -0.257. The Morgan fingerprint density at radius 3 is 2.79 bits per heavy atom. The van der Waals surface area contributed by atoms with E-state index >= 15 is 0 Å². The highest BCUT2D eigenvalue weighted by molar-refractivity contribution is 5.88. The van der Waals surface area contributed by atoms with Gasteiger partial charge in [-0.2, -0.15) is 0 Å². The highest BCUT2D eigenvalue weighted by atomic mass is 16.2. The summed E-state index contributed by atoms with van der Waals surface area (Å²) in [5, 5.41) is 2.86. The Hall–Kier alpha value is -1.10. The Morgan fingerprint density at radius 1 is 1.32 bits per heavy atom. The molecule has 1 heterocycles. The van der Waals surface area contributed by atoms with E-state index in [0.29, 0.717) is 19.5 Å². The van der Waals surface area contributed by atoms with Crippen molar-refractivity contribution in [1.82, 2.24) is 10.2 Å². The first kappa shape index (κ1) is 16.0. The van der Waals surface area contributed by atoms with Gasteiger partial charge in [-0.15, -0.1) is 0 Å². The van der Waals surface area contributed by atoms with Crippen LogP contribution in [0.2, 0.25) is 0 Å². The fraction of sp³-hybridized carbons (Fsp3) is 0.857. The smallest absolute Gasteiger partial charge is 0.242 e. The highest BCUT2D eigenvalue weighted by Gasteiger charge is 2.33. The third-order valence-corrected chi connectivity index (χ3v) is 3.55. The molecule has 5 nitrogen and oxygen atoms in total. The van der Waals surface area contributed by atoms with Crippen LogP contribution in [-0.4, -0.2) is 42.4 Å². The van der Waals surface area contributed by atoms with Gasteiger partial charge in [0.1, 0.15) is 6.04 Å². The van der Waals surface area contributed by atoms with Crippen LogP contribution < -0.4 is 11.1 Å². The second-order valence-electron chi connectivity index (χ2n) is 5.14. The summed E-state index contributed by atoms with van der Waals surface area (Å²) in [6.45, 7) is 4.02. The van der Waals surface area contributed by atoms with Crippen molar-refractivity contribution in [2.75, 3.05) is 19.6 Å². The third kappa shape index (κ3) is 5.19. The minimum atomic E-state index is -0.257. The zero-order valence-corrected chi connectivity index (χ0v) is 12.0. The van der Waals surface area contributed by atoms with Crippen molar-refractivity contribution >= 4 is 11.8 Å². The number of hydrogen-bond acceptors (Lipinski definition) is 3. The van der Waals surface area contributed by atoms with E-state index in [0.717, 1.165) is 45.1 Å². The van der Waals surface area contributed by atoms with E-state index in [2.05, 4.69) is 12.2 Å². The standard InChI is InChI=1S/C14H27N3O2/c1-2-3-4-8-13(18)17-11-5-7-12(17)14(19)16-10-6-9-15/h12H,2-11,15H2,1H3,(H,16,19)/t12-/m1/s1. The van der Waals surface area contributed by atoms with Crippen molar-refractivity contribution in [2.45, 2.75) is 57.9 Å². The predicted octanol–water partition coefficient (Wildman–Crippen LogP) is 1.02. The van der Waals surface area contributed by atoms with Crippen molar-refractivity contribution in [3.63, 3.8) is 0 Å². The molecule has 0 spiro atoms. The van der Waals surface area contributed by atoms with Crippen LogP contribution in [0.1, 0.15) is 51.9 Å². The van der Waals surface area contributed by atoms with E-state index in [4.69, 9.17) is 5.73 Å². The fourth-order valence-corrected chi connectivity index (χ4v) is 2.44. The molecule has 1 saturated heterocycles. The molecule has 1 aliphatic heterocycles. The van der Waals surface area contributed by atoms with Gasteiger partial charge in [-0.1, -0.05) is 19.8 Å². The fourth-order valence-electron chi connectivity index (χ4n) is 2.44. The molecular formula is C14H27N3O2. The van der Waals surface area contributed by atoms with Crippen molar-refractivity contribution < 1.29 is 9.59 Å². The number of rotatable bonds is 8. The maximum Gasteiger partial charge on any atom is 0.242 e. The Morgan fingerprint density at radius 2 is 2.11 bits per heavy atom. The molecule has 1 rings (SSSR count). The molecule has 19 heavy (non-hydrogen) atoms. The number of nitrogens with one attached hydrogen (secondary N) is 1. The number of carbonyl (C=O) groups is 2. The van der Waals surface area contributed by atoms with Gasteiger partial charge in [0.05, 0.1) is 0 Å². The Balaban J connectivity index is 2.39. The first-order valence-corrected chi connectivity index (χ1v) is 7.48. The largest absolute Gasteiger partial charge is 0.354 e. The molecule has 0 bridgehead atoms. The minimum absolute atomic E-state index is 0.0187. The van der Waals surface area contributed by atoms with Gasteiger partial charge in [0, 0.05) is 19.5 Å². The number of unbranched alkanes of at least 4 members (excludes halogenated alkanes) is 2. The SMILES string of the molecule is CCCCCC(=O)N1CCC[C@@H]1C(=O)NCCCN. The molecule has 0 aromatic heterocycles. The summed E-state index contributed by atoms with van der Waals surface area (Å²) in [4.78, 5) is 25.9. The number of hydrogen-bond donors (Lipinski definition) is 2. The van der Waals surface area contributed by atoms with Crippen LogP contribution in [-0.2, 0) is 9.59 Å². The summed E-state index contributed by atoms with van der Waals surface area (Å²) in [5.41, 5.74) is 5.40. The van der Waals surface area contributed by atoms with Crippen molar-refractivity contribution in [2.24, 2.45) is 5.73 Å². The highest BCUT2D eigenvalue weighted by Crippen LogP contribution is 2.19. The predicted molar refractivity (Wildman–Crippen MR) is 75.6 cm³/mol. The van der Waals surface area contributed by atoms with E-state index in [1.165, 1.54) is 0 Å². The van der Waals surface area contributed by atoms with Gasteiger partial charge < -0.3 is 16.0 Å². The molecule has 3 N–H and O–H groups in total. The summed E-state index contributed by atoms with van der Waals surface area (Å²) >= 11 is 0. The maximum atomic E-state index is 12.1. The number of amides is 2. The summed E-state index contributed by atoms with van der Waals surface area (Å²) in [6.07, 6.45) is 6.17. The molecule has 5 heteroatoms. The first-order valence-electron chi connectivity index (χ1n) is 7.48. The molecule has 110 valence electrons. The topological polar surface area (TPSA) is 75.4 Å². The molecule has 1 fully saturated rings. The molecule has 0 radical (unpaired) electrons. The molecule has 1 atom stereocenters. The molecular weight excluding hydrogens is 242 g/mol. The van der Waals surface area contributed by atoms with Crippen molar-refractivity contribution in [3.05, 3.63) is 0 Å². The van der Waals surface area contributed by atoms with E-state index in [1.807, 2.05) is 0 Å². The normalized spacial score (nSPS) is 18.6. The number of carbonyl (C=O) groups excluding carboxylic acids is 2. The lowest BCUT2D eigenvalue weighted by Gasteiger charge is -2.24. The van der Waals surface area contributed by atoms with Gasteiger partial charge in [-0.25, -0.2) is 0 Å². The number of nitrogens with two attached hydrogens (primary N) is 1. The van der Waals surface area contributed by atoms with Crippen LogP contribution in [0.5, 0.6) is 0 Å². The zero-order valence-electron chi connectivity index (χ0n) is 12.0. The quantitative estimate of drug-likeness (QED) is 0.646. The molecule has 0 aromatic carbocycles. The average Bonchev–Trinajstić information content (AvgIpc) is 2.88. The maximum absolute atomic E-state index is 12.1. The Bertz CT molecular complexity index is 266. The molecule has 0 aromatic rings. The lowest BCUT2D eigenvalue weighted by Crippen LogP contribution is -2.46. The van der Waals surface area contributed by atoms with Gasteiger partial charge in [0.15, 0.2) is 0 Å². The van der Waals surface area contributed by atoms with Crippen molar-refractivity contribution in [1.29, 1.82) is 0 Å². The monoisotopic (exact) mass is 269 g/mol. The van der Waals surface area contributed by atoms with Crippen LogP contribution in [0.4, 0.5) is 0 Å². The molecule has 1 aliphatic rings. The summed E-state index contributed by atoms with van der Waals surface area (Å²) in [7, 11) is 0. The Labute approximate surface area is 115 Å². The van der Waals surface area contributed by atoms with Crippen LogP contribution in [0.3, 0.4) is 0 Å². The van der Waals surface area contributed by atoms with E-state index < -0.39 is 0 Å². The third-order valence-electron chi connectivity index (χ3n) is 3.55. The lowest BCUT2D eigenvalue weighted by atomic mass is 10.1. The molecule has 2 amide bonds. The van der Waals surface area contributed by atoms with Crippen LogP contribution in [0, 0.1) is 0 Å². The van der Waals surface area contributed by atoms with Gasteiger partial charge >= 0.3 is 0 Å². The van der Waals surface area contributed by atoms with Crippen LogP contribution in [0.15, 0.2) is 0 Å². The van der Waals surface area contributed by atoms with Crippen LogP contribution in [0.25, 0.3) is 0 Å². The molecule has 0 saturated carbocycles. The van der Waals surface area contributed by atoms with E-state index in [9.17, 15) is 9.59 Å². The zero-order chi connectivity index (χ0) is 14.1. The number of nitrogens with zero attached hydrogens (tertiary/aromatic N) is 1. The second kappa shape index (κ2) is 8.91. The summed E-state index contributed by atoms with van der Waals surface area (Å²) in [5.74, 6) is 0.111. The summed E-state index contributed by atoms with van der Waals surface area (Å²) < 4.78 is 0. The molecule has 0 aliphatic carbocycles. The van der Waals surface area contributed by atoms with Gasteiger partial charge in [0.2, 0.25) is 11.8 Å². The Kier molecular flexibility index (Phi) is 7.48. The minimum Gasteiger partial charge on any atom is -0.354 e. The van der Waals surface area contributed by atoms with Crippen LogP contribution >= 0.6 is 0 Å². The second-order valence-corrected chi connectivity index (χ2v) is 5.14. The molecule has 0 unspecified atom stereocenters. The van der Waals surface area contributed by atoms with Gasteiger partial charge in [0.25, 0.3) is 0 Å². The van der Waals surface area contributed by atoms with Gasteiger partial charge in [-0.05, 0) is 32.2 Å². The van der Waals surface area contributed by atoms with E-state index in [-0.39, 0.29) is 17.9 Å². The first-order chi connectivity index (χ1) is 9.20. The van der Waals surface area contributed by atoms with Gasteiger partial charge in [-0.3, -0.25) is 9.59 Å². The lowest BCUT2D eigenvalue weighted by molar-refractivity contribution is -0.138. The number of likely N-dealkylation sites (tertiary alicyclic amines) is 1. The van der Waals surface area contributed by atoms with E-state index in [1.54, 1.807) is 4.90 Å². The average molecular weight is 269 g/mol.